The molecule has 1 aromatic carbocycles. The Morgan fingerprint density at radius 2 is 1.72 bits per heavy atom. The fourth-order valence-electron chi connectivity index (χ4n) is 1.57. The van der Waals surface area contributed by atoms with E-state index in [0.717, 1.165) is 30.7 Å². The molecule has 3 N–H and O–H groups in total. The average Bonchev–Trinajstić information content (AvgIpc) is 2.30. The summed E-state index contributed by atoms with van der Waals surface area (Å²) in [7, 11) is 0. The van der Waals surface area contributed by atoms with E-state index >= 15 is 0 Å². The second-order valence-corrected chi connectivity index (χ2v) is 5.59. The quantitative estimate of drug-likeness (QED) is 0.370. The number of nitrogens with two attached hydrogens (primary N) is 1. The number of nitrogens with one attached hydrogen (secondary N) is 1. The number of thiocarbonyl (C=S) groups is 1. The van der Waals surface area contributed by atoms with E-state index in [2.05, 4.69) is 81.0 Å². The second kappa shape index (κ2) is 10.4. The maximum absolute atomic E-state index is 4.66. The van der Waals surface area contributed by atoms with Gasteiger partial charge in [-0.2, -0.15) is 0 Å². The number of halogens is 1. The molecule has 3 nitrogen and oxygen atoms in total. The molecule has 0 spiro atoms. The SMILES string of the molecule is Brc1ccc(N2CCNCC2)cc1.NC(=S)[S-].[Na+]. The topological polar surface area (TPSA) is 41.3 Å². The number of hydrogen-bond donors (Lipinski definition) is 2. The van der Waals surface area contributed by atoms with Crippen LogP contribution >= 0.6 is 28.1 Å². The van der Waals surface area contributed by atoms with Crippen LogP contribution in [0.5, 0.6) is 0 Å². The molecule has 1 fully saturated rings. The van der Waals surface area contributed by atoms with E-state index in [-0.39, 0.29) is 33.9 Å². The van der Waals surface area contributed by atoms with E-state index in [4.69, 9.17) is 0 Å². The molecule has 0 aliphatic carbocycles. The smallest absolute Gasteiger partial charge is 0.415 e. The van der Waals surface area contributed by atoms with Gasteiger partial charge in [0, 0.05) is 36.3 Å². The van der Waals surface area contributed by atoms with E-state index in [0.29, 0.717) is 0 Å². The largest absolute Gasteiger partial charge is 1.00 e. The number of piperazine rings is 1. The maximum Gasteiger partial charge on any atom is 1.00 e. The Morgan fingerprint density at radius 1 is 1.28 bits per heavy atom. The summed E-state index contributed by atoms with van der Waals surface area (Å²) in [5.74, 6) is 0. The monoisotopic (exact) mass is 355 g/mol. The molecule has 0 radical (unpaired) electrons. The van der Waals surface area contributed by atoms with Crippen LogP contribution in [0, 0.1) is 0 Å². The first-order valence-electron chi connectivity index (χ1n) is 5.27. The van der Waals surface area contributed by atoms with Crippen LogP contribution < -0.4 is 45.5 Å². The molecular weight excluding hydrogens is 341 g/mol. The molecule has 1 aromatic rings. The van der Waals surface area contributed by atoms with Gasteiger partial charge in [0.15, 0.2) is 0 Å². The van der Waals surface area contributed by atoms with Crippen LogP contribution in [0.4, 0.5) is 5.69 Å². The van der Waals surface area contributed by atoms with Gasteiger partial charge < -0.3 is 40.8 Å². The first kappa shape index (κ1) is 18.6. The number of benzene rings is 1. The van der Waals surface area contributed by atoms with Crippen molar-refractivity contribution in [3.63, 3.8) is 0 Å². The van der Waals surface area contributed by atoms with Gasteiger partial charge in [-0.3, -0.25) is 0 Å². The summed E-state index contributed by atoms with van der Waals surface area (Å²) in [5.41, 5.74) is 5.98. The summed E-state index contributed by atoms with van der Waals surface area (Å²) in [6.45, 7) is 4.41. The van der Waals surface area contributed by atoms with E-state index in [1.165, 1.54) is 5.69 Å². The van der Waals surface area contributed by atoms with Crippen LogP contribution in [0.3, 0.4) is 0 Å². The molecule has 0 unspecified atom stereocenters. The average molecular weight is 356 g/mol. The molecule has 1 heterocycles. The van der Waals surface area contributed by atoms with Gasteiger partial charge in [-0.1, -0.05) is 20.3 Å². The third-order valence-electron chi connectivity index (χ3n) is 2.31. The molecular formula is C11H15BrN3NaS2. The second-order valence-electron chi connectivity index (χ2n) is 3.53. The fraction of sp³-hybridized carbons (Fsp3) is 0.364. The van der Waals surface area contributed by atoms with E-state index < -0.39 is 0 Å². The normalized spacial score (nSPS) is 13.9. The van der Waals surface area contributed by atoms with Gasteiger partial charge in [-0.25, -0.2) is 0 Å². The molecule has 0 amide bonds. The molecule has 1 saturated heterocycles. The van der Waals surface area contributed by atoms with Crippen LogP contribution in [0.1, 0.15) is 0 Å². The Hall–Kier alpha value is 0.570. The van der Waals surface area contributed by atoms with Crippen molar-refractivity contribution in [1.82, 2.24) is 5.32 Å². The van der Waals surface area contributed by atoms with Crippen LogP contribution in [0.2, 0.25) is 0 Å². The first-order chi connectivity index (χ1) is 8.09. The van der Waals surface area contributed by atoms with Crippen LogP contribution in [0.15, 0.2) is 28.7 Å². The van der Waals surface area contributed by atoms with E-state index in [9.17, 15) is 0 Å². The van der Waals surface area contributed by atoms with Crippen molar-refractivity contribution in [1.29, 1.82) is 0 Å². The molecule has 1 aliphatic heterocycles. The zero-order valence-corrected chi connectivity index (χ0v) is 15.6. The number of rotatable bonds is 1. The number of hydrogen-bond acceptors (Lipinski definition) is 4. The minimum atomic E-state index is 0. The minimum Gasteiger partial charge on any atom is -0.415 e. The van der Waals surface area contributed by atoms with E-state index in [1.54, 1.807) is 0 Å². The van der Waals surface area contributed by atoms with Gasteiger partial charge in [0.1, 0.15) is 0 Å². The summed E-state index contributed by atoms with van der Waals surface area (Å²) in [6.07, 6.45) is 0. The summed E-state index contributed by atoms with van der Waals surface area (Å²) in [5, 5.41) is 3.34. The van der Waals surface area contributed by atoms with Crippen LogP contribution in [0.25, 0.3) is 0 Å². The number of anilines is 1. The van der Waals surface area contributed by atoms with Crippen molar-refractivity contribution in [2.75, 3.05) is 31.1 Å². The molecule has 0 atom stereocenters. The molecule has 7 heteroatoms. The Kier molecular flexibility index (Phi) is 10.7. The zero-order valence-electron chi connectivity index (χ0n) is 10.4. The third-order valence-corrected chi connectivity index (χ3v) is 2.84. The van der Waals surface area contributed by atoms with Gasteiger partial charge >= 0.3 is 29.6 Å². The molecule has 94 valence electrons. The van der Waals surface area contributed by atoms with Crippen LogP contribution in [-0.2, 0) is 12.6 Å². The van der Waals surface area contributed by atoms with Gasteiger partial charge in [-0.05, 0) is 24.3 Å². The maximum atomic E-state index is 4.66. The Morgan fingerprint density at radius 3 is 2.17 bits per heavy atom. The van der Waals surface area contributed by atoms with Crippen molar-refractivity contribution in [3.05, 3.63) is 28.7 Å². The number of nitrogens with zero attached hydrogens (tertiary/aromatic N) is 1. The fourth-order valence-corrected chi connectivity index (χ4v) is 1.84. The summed E-state index contributed by atoms with van der Waals surface area (Å²) in [4.78, 5) is 2.41. The minimum absolute atomic E-state index is 0. The summed E-state index contributed by atoms with van der Waals surface area (Å²) in [6, 6.07) is 8.51. The van der Waals surface area contributed by atoms with Gasteiger partial charge in [0.05, 0.1) is 0 Å². The van der Waals surface area contributed by atoms with Crippen molar-refractivity contribution in [2.24, 2.45) is 5.73 Å². The Labute approximate surface area is 150 Å². The predicted octanol–water partition coefficient (Wildman–Crippen LogP) is -1.36. The van der Waals surface area contributed by atoms with Crippen molar-refractivity contribution in [2.45, 2.75) is 0 Å². The molecule has 0 bridgehead atoms. The third kappa shape index (κ3) is 7.89. The predicted molar refractivity (Wildman–Crippen MR) is 83.4 cm³/mol. The Bertz CT molecular complexity index is 352. The van der Waals surface area contributed by atoms with Crippen molar-refractivity contribution in [3.8, 4) is 0 Å². The van der Waals surface area contributed by atoms with Gasteiger partial charge in [0.2, 0.25) is 0 Å². The van der Waals surface area contributed by atoms with Gasteiger partial charge in [-0.15, -0.1) is 0 Å². The summed E-state index contributed by atoms with van der Waals surface area (Å²) < 4.78 is 1.23. The van der Waals surface area contributed by atoms with Crippen LogP contribution in [-0.4, -0.2) is 30.5 Å². The molecule has 0 saturated carbocycles. The van der Waals surface area contributed by atoms with Gasteiger partial charge in [0.25, 0.3) is 0 Å². The van der Waals surface area contributed by atoms with Crippen molar-refractivity contribution >= 4 is 50.8 Å². The molecule has 0 aromatic heterocycles. The molecule has 18 heavy (non-hydrogen) atoms. The summed E-state index contributed by atoms with van der Waals surface area (Å²) >= 11 is 11.7. The molecule has 2 rings (SSSR count). The zero-order chi connectivity index (χ0) is 12.7. The standard InChI is InChI=1S/C10H13BrN2.CH3NS2.Na/c11-9-1-3-10(4-2-9)13-7-5-12-6-8-13;2-1(3)4;/h1-4,12H,5-8H2;(H3,2,3,4);/q;;+1/p-1. The van der Waals surface area contributed by atoms with E-state index in [1.807, 2.05) is 0 Å². The Balaban J connectivity index is 0.000000512. The first-order valence-corrected chi connectivity index (χ1v) is 6.88. The molecule has 1 aliphatic rings. The van der Waals surface area contributed by atoms with Crippen molar-refractivity contribution < 1.29 is 29.6 Å².